The predicted molar refractivity (Wildman–Crippen MR) is 108 cm³/mol. The minimum Gasteiger partial charge on any atom is -0.329 e. The number of benzene rings is 2. The van der Waals surface area contributed by atoms with Crippen LogP contribution >= 0.6 is 15.9 Å². The Morgan fingerprint density at radius 3 is 2.76 bits per heavy atom. The Hall–Kier alpha value is -2.32. The Morgan fingerprint density at radius 2 is 1.97 bits per heavy atom. The largest absolute Gasteiger partial charge is 0.329 e. The van der Waals surface area contributed by atoms with E-state index in [0.29, 0.717) is 30.6 Å². The first-order valence-electron chi connectivity index (χ1n) is 9.41. The normalized spacial score (nSPS) is 19.2. The molecule has 3 N–H and O–H groups in total. The van der Waals surface area contributed by atoms with Crippen LogP contribution in [0.1, 0.15) is 35.4 Å². The molecule has 0 spiro atoms. The smallest absolute Gasteiger partial charge is 0.244 e. The van der Waals surface area contributed by atoms with Crippen molar-refractivity contribution in [3.63, 3.8) is 0 Å². The molecule has 0 saturated heterocycles. The standard InChI is InChI=1S/C21H20BrF2N3O2/c22-13-3-1-12-9-27(10-20(28)26-19(12)6-13)21(29)8-18(25)14-4-2-11-5-16(23)17(24)7-15(11)14/h1,3,5-7,14,18H,2,4,8-10,25H2,(H,26,28). The minimum atomic E-state index is -0.902. The van der Waals surface area contributed by atoms with Crippen LogP contribution in [0, 0.1) is 11.6 Å². The SMILES string of the molecule is NC(CC(=O)N1CC(=O)Nc2cc(Br)ccc2C1)C1CCc2cc(F)c(F)cc21. The lowest BCUT2D eigenvalue weighted by atomic mass is 9.91. The fraction of sp³-hybridized carbons (Fsp3) is 0.333. The van der Waals surface area contributed by atoms with Gasteiger partial charge in [-0.05, 0) is 53.8 Å². The Morgan fingerprint density at radius 1 is 1.21 bits per heavy atom. The molecule has 2 aromatic carbocycles. The summed E-state index contributed by atoms with van der Waals surface area (Å²) in [6.45, 7) is 0.243. The molecule has 1 aliphatic heterocycles. The first-order chi connectivity index (χ1) is 13.8. The second-order valence-corrected chi connectivity index (χ2v) is 8.49. The molecule has 0 bridgehead atoms. The van der Waals surface area contributed by atoms with Gasteiger partial charge in [-0.3, -0.25) is 9.59 Å². The fourth-order valence-electron chi connectivity index (χ4n) is 4.15. The molecule has 0 aromatic heterocycles. The van der Waals surface area contributed by atoms with Crippen molar-refractivity contribution in [3.8, 4) is 0 Å². The molecule has 2 amide bonds. The Bertz CT molecular complexity index is 998. The summed E-state index contributed by atoms with van der Waals surface area (Å²) < 4.78 is 28.0. The van der Waals surface area contributed by atoms with E-state index in [2.05, 4.69) is 21.2 Å². The Labute approximate surface area is 175 Å². The molecule has 8 heteroatoms. The number of carbonyl (C=O) groups is 2. The fourth-order valence-corrected chi connectivity index (χ4v) is 4.51. The van der Waals surface area contributed by atoms with Crippen molar-refractivity contribution in [2.75, 3.05) is 11.9 Å². The van der Waals surface area contributed by atoms with E-state index in [4.69, 9.17) is 5.73 Å². The van der Waals surface area contributed by atoms with Crippen molar-refractivity contribution in [2.45, 2.75) is 37.8 Å². The van der Waals surface area contributed by atoms with Gasteiger partial charge < -0.3 is 16.0 Å². The highest BCUT2D eigenvalue weighted by molar-refractivity contribution is 9.10. The highest BCUT2D eigenvalue weighted by Crippen LogP contribution is 2.37. The average molecular weight is 464 g/mol. The molecule has 0 saturated carbocycles. The number of carbonyl (C=O) groups excluding carboxylic acids is 2. The van der Waals surface area contributed by atoms with Crippen molar-refractivity contribution in [3.05, 3.63) is 63.1 Å². The minimum absolute atomic E-state index is 0.0300. The molecule has 2 unspecified atom stereocenters. The van der Waals surface area contributed by atoms with E-state index in [0.717, 1.165) is 15.6 Å². The van der Waals surface area contributed by atoms with Gasteiger partial charge in [0.25, 0.3) is 0 Å². The summed E-state index contributed by atoms with van der Waals surface area (Å²) in [7, 11) is 0. The van der Waals surface area contributed by atoms with Crippen LogP contribution in [0.2, 0.25) is 0 Å². The number of nitrogens with one attached hydrogen (secondary N) is 1. The van der Waals surface area contributed by atoms with Crippen LogP contribution in [0.25, 0.3) is 0 Å². The van der Waals surface area contributed by atoms with Crippen LogP contribution < -0.4 is 11.1 Å². The maximum atomic E-state index is 13.7. The third-order valence-electron chi connectivity index (χ3n) is 5.63. The van der Waals surface area contributed by atoms with E-state index in [1.165, 1.54) is 17.0 Å². The lowest BCUT2D eigenvalue weighted by Crippen LogP contribution is -2.40. The molecular weight excluding hydrogens is 444 g/mol. The van der Waals surface area contributed by atoms with Crippen molar-refractivity contribution >= 4 is 33.4 Å². The van der Waals surface area contributed by atoms with E-state index < -0.39 is 17.7 Å². The number of halogens is 3. The summed E-state index contributed by atoms with van der Waals surface area (Å²) in [5.41, 5.74) is 9.23. The van der Waals surface area contributed by atoms with Crippen LogP contribution in [0.4, 0.5) is 14.5 Å². The summed E-state index contributed by atoms with van der Waals surface area (Å²) in [4.78, 5) is 26.6. The van der Waals surface area contributed by atoms with Crippen LogP contribution in [0.15, 0.2) is 34.8 Å². The van der Waals surface area contributed by atoms with Crippen LogP contribution in [-0.2, 0) is 22.6 Å². The summed E-state index contributed by atoms with van der Waals surface area (Å²) >= 11 is 3.37. The third kappa shape index (κ3) is 4.04. The van der Waals surface area contributed by atoms with Gasteiger partial charge in [-0.15, -0.1) is 0 Å². The summed E-state index contributed by atoms with van der Waals surface area (Å²) in [6, 6.07) is 7.39. The number of hydrogen-bond donors (Lipinski definition) is 2. The summed E-state index contributed by atoms with van der Waals surface area (Å²) in [5, 5.41) is 2.81. The molecule has 0 radical (unpaired) electrons. The van der Waals surface area contributed by atoms with Crippen LogP contribution in [0.5, 0.6) is 0 Å². The van der Waals surface area contributed by atoms with Crippen LogP contribution in [-0.4, -0.2) is 29.3 Å². The zero-order chi connectivity index (χ0) is 20.7. The highest BCUT2D eigenvalue weighted by atomic mass is 79.9. The van der Waals surface area contributed by atoms with E-state index in [1.54, 1.807) is 6.07 Å². The molecule has 1 heterocycles. The first-order valence-corrected chi connectivity index (χ1v) is 10.2. The number of aryl methyl sites for hydroxylation is 1. The van der Waals surface area contributed by atoms with Gasteiger partial charge in [-0.2, -0.15) is 0 Å². The molecule has 0 fully saturated rings. The molecule has 5 nitrogen and oxygen atoms in total. The van der Waals surface area contributed by atoms with E-state index >= 15 is 0 Å². The third-order valence-corrected chi connectivity index (χ3v) is 6.12. The number of rotatable bonds is 3. The lowest BCUT2D eigenvalue weighted by molar-refractivity contribution is -0.135. The summed E-state index contributed by atoms with van der Waals surface area (Å²) in [5.74, 6) is -2.49. The average Bonchev–Trinajstić information content (AvgIpc) is 2.97. The number of anilines is 1. The molecule has 4 rings (SSSR count). The van der Waals surface area contributed by atoms with Crippen molar-refractivity contribution in [2.24, 2.45) is 5.73 Å². The van der Waals surface area contributed by atoms with Gasteiger partial charge in [0.1, 0.15) is 6.54 Å². The number of amides is 2. The van der Waals surface area contributed by atoms with Gasteiger partial charge >= 0.3 is 0 Å². The molecule has 2 atom stereocenters. The maximum absolute atomic E-state index is 13.7. The molecule has 29 heavy (non-hydrogen) atoms. The maximum Gasteiger partial charge on any atom is 0.244 e. The monoisotopic (exact) mass is 463 g/mol. The number of nitrogens with zero attached hydrogens (tertiary/aromatic N) is 1. The first kappa shape index (κ1) is 20.0. The van der Waals surface area contributed by atoms with E-state index in [-0.39, 0.29) is 30.7 Å². The number of nitrogens with two attached hydrogens (primary N) is 1. The quantitative estimate of drug-likeness (QED) is 0.731. The lowest BCUT2D eigenvalue weighted by Gasteiger charge is -2.25. The zero-order valence-corrected chi connectivity index (χ0v) is 17.1. The highest BCUT2D eigenvalue weighted by Gasteiger charge is 2.32. The summed E-state index contributed by atoms with van der Waals surface area (Å²) in [6.07, 6.45) is 1.28. The molecule has 2 aromatic rings. The molecule has 2 aliphatic rings. The second-order valence-electron chi connectivity index (χ2n) is 7.58. The predicted octanol–water partition coefficient (Wildman–Crippen LogP) is 3.46. The van der Waals surface area contributed by atoms with Crippen molar-refractivity contribution in [1.82, 2.24) is 4.90 Å². The van der Waals surface area contributed by atoms with Gasteiger partial charge in [0, 0.05) is 35.1 Å². The van der Waals surface area contributed by atoms with Gasteiger partial charge in [-0.1, -0.05) is 22.0 Å². The Kier molecular flexibility index (Phi) is 5.40. The van der Waals surface area contributed by atoms with E-state index in [1.807, 2.05) is 12.1 Å². The second kappa shape index (κ2) is 7.84. The molecular formula is C21H20BrF2N3O2. The van der Waals surface area contributed by atoms with Gasteiger partial charge in [0.15, 0.2) is 11.6 Å². The van der Waals surface area contributed by atoms with Crippen molar-refractivity contribution < 1.29 is 18.4 Å². The molecule has 152 valence electrons. The number of fused-ring (bicyclic) bond motifs is 2. The molecule has 1 aliphatic carbocycles. The topological polar surface area (TPSA) is 75.4 Å². The number of hydrogen-bond acceptors (Lipinski definition) is 3. The van der Waals surface area contributed by atoms with Gasteiger partial charge in [0.2, 0.25) is 11.8 Å². The van der Waals surface area contributed by atoms with Crippen LogP contribution in [0.3, 0.4) is 0 Å². The zero-order valence-electron chi connectivity index (χ0n) is 15.6. The van der Waals surface area contributed by atoms with E-state index in [9.17, 15) is 18.4 Å². The van der Waals surface area contributed by atoms with Gasteiger partial charge in [0.05, 0.1) is 0 Å². The Balaban J connectivity index is 1.49. The van der Waals surface area contributed by atoms with Crippen molar-refractivity contribution in [1.29, 1.82) is 0 Å². The van der Waals surface area contributed by atoms with Gasteiger partial charge in [-0.25, -0.2) is 8.78 Å².